The van der Waals surface area contributed by atoms with Crippen molar-refractivity contribution in [3.63, 3.8) is 0 Å². The monoisotopic (exact) mass is 161 g/mol. The topological polar surface area (TPSA) is 46.2 Å². The van der Waals surface area contributed by atoms with E-state index in [1.807, 2.05) is 20.8 Å². The molecule has 11 heavy (non-hydrogen) atoms. The first-order valence-corrected chi connectivity index (χ1v) is 4.58. The van der Waals surface area contributed by atoms with Crippen LogP contribution in [0.25, 0.3) is 0 Å². The van der Waals surface area contributed by atoms with Crippen LogP contribution in [0.3, 0.4) is 0 Å². The maximum atomic E-state index is 8.65. The maximum absolute atomic E-state index is 8.65. The second-order valence-electron chi connectivity index (χ2n) is 2.61. The van der Waals surface area contributed by atoms with E-state index in [-0.39, 0.29) is 18.6 Å². The minimum atomic E-state index is 0.181. The molecule has 0 aromatic heterocycles. The van der Waals surface area contributed by atoms with Gasteiger partial charge in [0, 0.05) is 12.6 Å². The molecule has 3 N–H and O–H groups in total. The Morgan fingerprint density at radius 2 is 1.82 bits per heavy atom. The van der Waals surface area contributed by atoms with E-state index in [2.05, 4.69) is 6.92 Å². The highest BCUT2D eigenvalue weighted by Gasteiger charge is 2.08. The molecule has 0 amide bonds. The van der Waals surface area contributed by atoms with Gasteiger partial charge < -0.3 is 10.8 Å². The number of aliphatic hydroxyl groups is 1. The van der Waals surface area contributed by atoms with Gasteiger partial charge in [0.15, 0.2) is 0 Å². The normalized spacial score (nSPS) is 14.7. The maximum Gasteiger partial charge on any atom is 0.0471 e. The second-order valence-corrected chi connectivity index (χ2v) is 2.61. The van der Waals surface area contributed by atoms with E-state index >= 15 is 0 Å². The first kappa shape index (κ1) is 13.5. The average Bonchev–Trinajstić information content (AvgIpc) is 2.07. The van der Waals surface area contributed by atoms with Crippen LogP contribution < -0.4 is 5.73 Å². The molecule has 0 saturated heterocycles. The van der Waals surface area contributed by atoms with Gasteiger partial charge in [-0.3, -0.25) is 0 Å². The minimum Gasteiger partial charge on any atom is -0.396 e. The zero-order valence-corrected chi connectivity index (χ0v) is 8.30. The summed E-state index contributed by atoms with van der Waals surface area (Å²) in [4.78, 5) is 0. The molecule has 0 aromatic carbocycles. The third-order valence-corrected chi connectivity index (χ3v) is 1.64. The summed E-state index contributed by atoms with van der Waals surface area (Å²) < 4.78 is 0. The molecule has 0 heterocycles. The van der Waals surface area contributed by atoms with Gasteiger partial charge in [-0.15, -0.1) is 0 Å². The van der Waals surface area contributed by atoms with Gasteiger partial charge in [-0.2, -0.15) is 0 Å². The summed E-state index contributed by atoms with van der Waals surface area (Å²) in [5.41, 5.74) is 5.68. The fourth-order valence-corrected chi connectivity index (χ4v) is 0.753. The predicted octanol–water partition coefficient (Wildman–Crippen LogP) is 1.77. The molecule has 0 aliphatic heterocycles. The van der Waals surface area contributed by atoms with Gasteiger partial charge in [0.2, 0.25) is 0 Å². The van der Waals surface area contributed by atoms with Crippen molar-refractivity contribution in [1.29, 1.82) is 0 Å². The zero-order valence-electron chi connectivity index (χ0n) is 8.30. The molecule has 0 aromatic rings. The summed E-state index contributed by atoms with van der Waals surface area (Å²) in [6.07, 6.45) is 2.12. The highest BCUT2D eigenvalue weighted by atomic mass is 16.3. The summed E-state index contributed by atoms with van der Waals surface area (Å²) in [5.74, 6) is 0.255. The Balaban J connectivity index is 0. The molecule has 2 heteroatoms. The molecule has 2 atom stereocenters. The molecule has 0 aliphatic carbocycles. The van der Waals surface area contributed by atoms with Crippen LogP contribution in [-0.4, -0.2) is 17.8 Å². The van der Waals surface area contributed by atoms with Gasteiger partial charge in [-0.1, -0.05) is 34.1 Å². The Morgan fingerprint density at radius 1 is 1.36 bits per heavy atom. The van der Waals surface area contributed by atoms with Crippen LogP contribution >= 0.6 is 0 Å². The van der Waals surface area contributed by atoms with Crippen molar-refractivity contribution in [1.82, 2.24) is 0 Å². The molecule has 0 radical (unpaired) electrons. The highest BCUT2D eigenvalue weighted by Crippen LogP contribution is 2.04. The Morgan fingerprint density at radius 3 is 2.09 bits per heavy atom. The van der Waals surface area contributed by atoms with Crippen molar-refractivity contribution in [2.75, 3.05) is 6.61 Å². The molecule has 0 spiro atoms. The molecule has 0 fully saturated rings. The van der Waals surface area contributed by atoms with E-state index in [1.165, 1.54) is 0 Å². The Hall–Kier alpha value is -0.0800. The summed E-state index contributed by atoms with van der Waals surface area (Å²) in [5, 5.41) is 8.65. The molecule has 0 rings (SSSR count). The largest absolute Gasteiger partial charge is 0.396 e. The van der Waals surface area contributed by atoms with E-state index < -0.39 is 0 Å². The highest BCUT2D eigenvalue weighted by molar-refractivity contribution is 4.66. The molecule has 0 aliphatic rings. The fourth-order valence-electron chi connectivity index (χ4n) is 0.753. The lowest BCUT2D eigenvalue weighted by atomic mass is 10.00. The summed E-state index contributed by atoms with van der Waals surface area (Å²) in [6.45, 7) is 8.28. The van der Waals surface area contributed by atoms with Gasteiger partial charge in [0.05, 0.1) is 0 Å². The van der Waals surface area contributed by atoms with Crippen molar-refractivity contribution in [2.45, 2.75) is 46.6 Å². The summed E-state index contributed by atoms with van der Waals surface area (Å²) >= 11 is 0. The number of hydrogen-bond donors (Lipinski definition) is 2. The van der Waals surface area contributed by atoms with E-state index in [1.54, 1.807) is 0 Å². The standard InChI is InChI=1S/C7H17NO.C2H6/c1-3-4-7(8)6(2)5-9;1-2/h6-7,9H,3-5,8H2,1-2H3;1-2H3. The lowest BCUT2D eigenvalue weighted by Gasteiger charge is -2.15. The van der Waals surface area contributed by atoms with Crippen molar-refractivity contribution in [3.05, 3.63) is 0 Å². The van der Waals surface area contributed by atoms with Gasteiger partial charge >= 0.3 is 0 Å². The number of aliphatic hydroxyl groups excluding tert-OH is 1. The van der Waals surface area contributed by atoms with Crippen molar-refractivity contribution < 1.29 is 5.11 Å². The molecule has 0 saturated carbocycles. The van der Waals surface area contributed by atoms with Gasteiger partial charge in [-0.25, -0.2) is 0 Å². The Labute approximate surface area is 70.8 Å². The molecule has 2 unspecified atom stereocenters. The van der Waals surface area contributed by atoms with Crippen LogP contribution in [0.1, 0.15) is 40.5 Å². The molecule has 70 valence electrons. The quantitative estimate of drug-likeness (QED) is 0.660. The van der Waals surface area contributed by atoms with Gasteiger partial charge in [-0.05, 0) is 12.3 Å². The minimum absolute atomic E-state index is 0.181. The van der Waals surface area contributed by atoms with E-state index in [0.717, 1.165) is 12.8 Å². The fraction of sp³-hybridized carbons (Fsp3) is 1.00. The molecular formula is C9H23NO. The third kappa shape index (κ3) is 7.82. The zero-order chi connectivity index (χ0) is 9.28. The molecule has 2 nitrogen and oxygen atoms in total. The van der Waals surface area contributed by atoms with E-state index in [4.69, 9.17) is 10.8 Å². The van der Waals surface area contributed by atoms with Gasteiger partial charge in [0.25, 0.3) is 0 Å². The first-order chi connectivity index (χ1) is 5.22. The molecular weight excluding hydrogens is 138 g/mol. The van der Waals surface area contributed by atoms with E-state index in [9.17, 15) is 0 Å². The lowest BCUT2D eigenvalue weighted by molar-refractivity contribution is 0.212. The van der Waals surface area contributed by atoms with Crippen LogP contribution in [-0.2, 0) is 0 Å². The second kappa shape index (κ2) is 9.92. The SMILES string of the molecule is CC.CCCC(N)C(C)CO. The number of hydrogen-bond acceptors (Lipinski definition) is 2. The van der Waals surface area contributed by atoms with Crippen molar-refractivity contribution in [3.8, 4) is 0 Å². The first-order valence-electron chi connectivity index (χ1n) is 4.58. The third-order valence-electron chi connectivity index (χ3n) is 1.64. The van der Waals surface area contributed by atoms with E-state index in [0.29, 0.717) is 0 Å². The van der Waals surface area contributed by atoms with Crippen molar-refractivity contribution in [2.24, 2.45) is 11.7 Å². The molecule has 0 bridgehead atoms. The van der Waals surface area contributed by atoms with Crippen LogP contribution in [0.15, 0.2) is 0 Å². The van der Waals surface area contributed by atoms with Crippen LogP contribution in [0.2, 0.25) is 0 Å². The average molecular weight is 161 g/mol. The number of nitrogens with two attached hydrogens (primary N) is 1. The van der Waals surface area contributed by atoms with Crippen LogP contribution in [0.4, 0.5) is 0 Å². The predicted molar refractivity (Wildman–Crippen MR) is 50.5 cm³/mol. The van der Waals surface area contributed by atoms with Crippen LogP contribution in [0, 0.1) is 5.92 Å². The Kier molecular flexibility index (Phi) is 12.2. The van der Waals surface area contributed by atoms with Crippen LogP contribution in [0.5, 0.6) is 0 Å². The summed E-state index contributed by atoms with van der Waals surface area (Å²) in [6, 6.07) is 0.181. The van der Waals surface area contributed by atoms with Gasteiger partial charge in [0.1, 0.15) is 0 Å². The van der Waals surface area contributed by atoms with Crippen molar-refractivity contribution >= 4 is 0 Å². The number of rotatable bonds is 4. The summed E-state index contributed by atoms with van der Waals surface area (Å²) in [7, 11) is 0. The lowest BCUT2D eigenvalue weighted by Crippen LogP contribution is -2.29. The smallest absolute Gasteiger partial charge is 0.0471 e. The Bertz CT molecular complexity index is 66.6.